The van der Waals surface area contributed by atoms with Gasteiger partial charge in [0.25, 0.3) is 0 Å². The van der Waals surface area contributed by atoms with Crippen LogP contribution < -0.4 is 14.7 Å². The summed E-state index contributed by atoms with van der Waals surface area (Å²) in [7, 11) is 0. The summed E-state index contributed by atoms with van der Waals surface area (Å²) >= 11 is 0. The molecule has 0 amide bonds. The molecule has 4 heterocycles. The summed E-state index contributed by atoms with van der Waals surface area (Å²) < 4.78 is 0. The number of anilines is 3. The van der Waals surface area contributed by atoms with Crippen LogP contribution in [0.15, 0.2) is 24.5 Å². The van der Waals surface area contributed by atoms with E-state index in [-0.39, 0.29) is 6.61 Å². The van der Waals surface area contributed by atoms with Crippen molar-refractivity contribution in [2.75, 3.05) is 80.2 Å². The monoisotopic (exact) mass is 398 g/mol. The van der Waals surface area contributed by atoms with Gasteiger partial charge >= 0.3 is 0 Å². The molecule has 0 radical (unpaired) electrons. The van der Waals surface area contributed by atoms with Gasteiger partial charge in [-0.2, -0.15) is 0 Å². The van der Waals surface area contributed by atoms with E-state index < -0.39 is 0 Å². The molecule has 0 unspecified atom stereocenters. The number of aliphatic hydroxyl groups is 1. The highest BCUT2D eigenvalue weighted by atomic mass is 16.3. The topological polar surface area (TPSA) is 84.8 Å². The first-order chi connectivity index (χ1) is 14.3. The number of hydrogen-bond acceptors (Lipinski definition) is 9. The molecular formula is C20H30N8O. The van der Waals surface area contributed by atoms with E-state index in [0.717, 1.165) is 88.5 Å². The van der Waals surface area contributed by atoms with Gasteiger partial charge in [-0.25, -0.2) is 9.97 Å². The van der Waals surface area contributed by atoms with Crippen LogP contribution in [0.3, 0.4) is 0 Å². The first-order valence-corrected chi connectivity index (χ1v) is 10.5. The van der Waals surface area contributed by atoms with Crippen LogP contribution >= 0.6 is 0 Å². The summed E-state index contributed by atoms with van der Waals surface area (Å²) in [5.74, 6) is 2.67. The number of aromatic nitrogens is 4. The molecule has 29 heavy (non-hydrogen) atoms. The number of rotatable bonds is 6. The molecule has 2 aliphatic rings. The van der Waals surface area contributed by atoms with Gasteiger partial charge in [-0.3, -0.25) is 4.90 Å². The van der Waals surface area contributed by atoms with Crippen molar-refractivity contribution in [1.29, 1.82) is 0 Å². The highest BCUT2D eigenvalue weighted by molar-refractivity contribution is 5.47. The molecule has 0 aliphatic carbocycles. The first-order valence-electron chi connectivity index (χ1n) is 10.5. The summed E-state index contributed by atoms with van der Waals surface area (Å²) in [6.45, 7) is 10.3. The van der Waals surface area contributed by atoms with E-state index >= 15 is 0 Å². The Labute approximate surface area is 172 Å². The van der Waals surface area contributed by atoms with Gasteiger partial charge in [-0.15, -0.1) is 10.2 Å². The van der Waals surface area contributed by atoms with Crippen LogP contribution in [0.5, 0.6) is 0 Å². The van der Waals surface area contributed by atoms with Crippen LogP contribution in [0.1, 0.15) is 12.5 Å². The van der Waals surface area contributed by atoms with E-state index in [2.05, 4.69) is 58.8 Å². The zero-order valence-electron chi connectivity index (χ0n) is 17.1. The molecule has 156 valence electrons. The van der Waals surface area contributed by atoms with Gasteiger partial charge in [0.1, 0.15) is 0 Å². The zero-order chi connectivity index (χ0) is 20.1. The second-order valence-electron chi connectivity index (χ2n) is 7.52. The largest absolute Gasteiger partial charge is 0.395 e. The van der Waals surface area contributed by atoms with Gasteiger partial charge < -0.3 is 19.8 Å². The van der Waals surface area contributed by atoms with Crippen molar-refractivity contribution in [3.05, 3.63) is 30.1 Å². The normalized spacial score (nSPS) is 18.3. The van der Waals surface area contributed by atoms with Gasteiger partial charge in [0, 0.05) is 71.3 Å². The van der Waals surface area contributed by atoms with Crippen LogP contribution in [-0.2, 0) is 6.42 Å². The van der Waals surface area contributed by atoms with Crippen LogP contribution in [-0.4, -0.2) is 95.7 Å². The highest BCUT2D eigenvalue weighted by Crippen LogP contribution is 2.19. The molecule has 0 bridgehead atoms. The van der Waals surface area contributed by atoms with Gasteiger partial charge in [0.15, 0.2) is 11.6 Å². The average Bonchev–Trinajstić information content (AvgIpc) is 2.80. The van der Waals surface area contributed by atoms with Crippen LogP contribution in [0, 0.1) is 0 Å². The van der Waals surface area contributed by atoms with Crippen LogP contribution in [0.25, 0.3) is 0 Å². The lowest BCUT2D eigenvalue weighted by atomic mass is 10.3. The van der Waals surface area contributed by atoms with Crippen molar-refractivity contribution in [2.24, 2.45) is 0 Å². The Hall–Kier alpha value is -2.52. The summed E-state index contributed by atoms with van der Waals surface area (Å²) in [6, 6.07) is 4.15. The molecule has 2 aromatic rings. The van der Waals surface area contributed by atoms with E-state index in [0.29, 0.717) is 0 Å². The highest BCUT2D eigenvalue weighted by Gasteiger charge is 2.21. The Morgan fingerprint density at radius 3 is 1.79 bits per heavy atom. The molecule has 1 N–H and O–H groups in total. The maximum Gasteiger partial charge on any atom is 0.225 e. The fraction of sp³-hybridized carbons (Fsp3) is 0.600. The predicted octanol–water partition coefficient (Wildman–Crippen LogP) is 0.270. The molecule has 0 atom stereocenters. The van der Waals surface area contributed by atoms with Crippen molar-refractivity contribution in [3.8, 4) is 0 Å². The van der Waals surface area contributed by atoms with Crippen molar-refractivity contribution in [2.45, 2.75) is 13.3 Å². The second-order valence-corrected chi connectivity index (χ2v) is 7.52. The molecule has 2 aromatic heterocycles. The first kappa shape index (κ1) is 19.8. The minimum absolute atomic E-state index is 0.220. The Balaban J connectivity index is 1.30. The summed E-state index contributed by atoms with van der Waals surface area (Å²) in [4.78, 5) is 18.0. The minimum Gasteiger partial charge on any atom is -0.395 e. The van der Waals surface area contributed by atoms with Crippen molar-refractivity contribution in [3.63, 3.8) is 0 Å². The quantitative estimate of drug-likeness (QED) is 0.737. The molecule has 0 aromatic carbocycles. The maximum absolute atomic E-state index is 9.07. The fourth-order valence-corrected chi connectivity index (χ4v) is 3.83. The molecule has 0 saturated carbocycles. The van der Waals surface area contributed by atoms with Crippen molar-refractivity contribution < 1.29 is 5.11 Å². The average molecular weight is 399 g/mol. The molecular weight excluding hydrogens is 368 g/mol. The summed E-state index contributed by atoms with van der Waals surface area (Å²) in [5, 5.41) is 18.0. The number of aryl methyl sites for hydroxylation is 1. The van der Waals surface area contributed by atoms with E-state index in [9.17, 15) is 0 Å². The van der Waals surface area contributed by atoms with Gasteiger partial charge in [-0.05, 0) is 24.1 Å². The number of aliphatic hydroxyl groups excluding tert-OH is 1. The molecule has 4 rings (SSSR count). The fourth-order valence-electron chi connectivity index (χ4n) is 3.83. The van der Waals surface area contributed by atoms with Gasteiger partial charge in [-0.1, -0.05) is 6.92 Å². The molecule has 9 heteroatoms. The lowest BCUT2D eigenvalue weighted by Crippen LogP contribution is -2.48. The number of piperazine rings is 2. The number of hydrogen-bond donors (Lipinski definition) is 1. The predicted molar refractivity (Wildman–Crippen MR) is 114 cm³/mol. The van der Waals surface area contributed by atoms with Crippen molar-refractivity contribution in [1.82, 2.24) is 25.1 Å². The van der Waals surface area contributed by atoms with Crippen LogP contribution in [0.4, 0.5) is 17.6 Å². The van der Waals surface area contributed by atoms with Gasteiger partial charge in [0.05, 0.1) is 6.61 Å². The smallest absolute Gasteiger partial charge is 0.225 e. The molecule has 2 fully saturated rings. The lowest BCUT2D eigenvalue weighted by Gasteiger charge is -2.36. The number of nitrogens with zero attached hydrogens (tertiary/aromatic N) is 8. The molecule has 9 nitrogen and oxygen atoms in total. The Morgan fingerprint density at radius 2 is 1.31 bits per heavy atom. The standard InChI is InChI=1S/C20H30N8O/c1-2-17-15-21-20(22-16-17)28-11-9-27(10-12-28)19-4-3-18(23-24-19)26-7-5-25(6-8-26)13-14-29/h3-4,15-16,29H,2,5-14H2,1H3. The summed E-state index contributed by atoms with van der Waals surface area (Å²) in [6.07, 6.45) is 4.80. The molecule has 2 aliphatic heterocycles. The van der Waals surface area contributed by atoms with E-state index in [1.807, 2.05) is 12.4 Å². The third-order valence-electron chi connectivity index (χ3n) is 5.74. The minimum atomic E-state index is 0.220. The van der Waals surface area contributed by atoms with Crippen molar-refractivity contribution >= 4 is 17.6 Å². The van der Waals surface area contributed by atoms with Crippen LogP contribution in [0.2, 0.25) is 0 Å². The molecule has 2 saturated heterocycles. The zero-order valence-corrected chi connectivity index (χ0v) is 17.1. The van der Waals surface area contributed by atoms with Gasteiger partial charge in [0.2, 0.25) is 5.95 Å². The lowest BCUT2D eigenvalue weighted by molar-refractivity contribution is 0.188. The van der Waals surface area contributed by atoms with E-state index in [1.165, 1.54) is 0 Å². The Kier molecular flexibility index (Phi) is 6.36. The van der Waals surface area contributed by atoms with E-state index in [4.69, 9.17) is 5.11 Å². The summed E-state index contributed by atoms with van der Waals surface area (Å²) in [5.41, 5.74) is 1.16. The molecule has 0 spiro atoms. The maximum atomic E-state index is 9.07. The Morgan fingerprint density at radius 1 is 0.793 bits per heavy atom. The third-order valence-corrected chi connectivity index (χ3v) is 5.74. The van der Waals surface area contributed by atoms with E-state index in [1.54, 1.807) is 0 Å². The SMILES string of the molecule is CCc1cnc(N2CCN(c3ccc(N4CCN(CCO)CC4)nn3)CC2)nc1. The number of β-amino-alcohol motifs (C(OH)–C–C–N with tert-alkyl or cyclic N) is 1. The third kappa shape index (κ3) is 4.73. The Bertz CT molecular complexity index is 753. The second kappa shape index (κ2) is 9.32.